The molecule has 4 heterocycles. The van der Waals surface area contributed by atoms with Crippen molar-refractivity contribution in [3.05, 3.63) is 119 Å². The van der Waals surface area contributed by atoms with Crippen molar-refractivity contribution in [3.8, 4) is 0 Å². The lowest BCUT2D eigenvalue weighted by atomic mass is 9.93. The lowest BCUT2D eigenvalue weighted by Gasteiger charge is -2.41. The number of nitrogens with one attached hydrogen (secondary N) is 1. The molecule has 0 bridgehead atoms. The molecule has 4 aliphatic rings. The number of likely N-dealkylation sites (N-methyl/N-ethyl adjacent to an activating group) is 2. The smallest absolute Gasteiger partial charge is 0.152 e. The average Bonchev–Trinajstić information content (AvgIpc) is 3.69. The van der Waals surface area contributed by atoms with Gasteiger partial charge in [0.25, 0.3) is 0 Å². The van der Waals surface area contributed by atoms with Gasteiger partial charge >= 0.3 is 0 Å². The third kappa shape index (κ3) is 10.8. The van der Waals surface area contributed by atoms with Crippen LogP contribution in [0.2, 0.25) is 44.8 Å². The Morgan fingerprint density at radius 3 is 1.91 bits per heavy atom. The van der Waals surface area contributed by atoms with E-state index in [1.165, 1.54) is 49.9 Å². The van der Waals surface area contributed by atoms with Crippen LogP contribution in [-0.2, 0) is 6.42 Å². The van der Waals surface area contributed by atoms with Crippen LogP contribution in [0.15, 0.2) is 108 Å². The van der Waals surface area contributed by atoms with E-state index in [1.54, 1.807) is 23.3 Å². The summed E-state index contributed by atoms with van der Waals surface area (Å²) in [5.41, 5.74) is 7.58. The van der Waals surface area contributed by atoms with Crippen LogP contribution >= 0.6 is 0 Å². The normalized spacial score (nSPS) is 23.4. The molecule has 0 saturated carbocycles. The van der Waals surface area contributed by atoms with Gasteiger partial charge in [-0.2, -0.15) is 0 Å². The summed E-state index contributed by atoms with van der Waals surface area (Å²) in [6.07, 6.45) is 20.2. The molecule has 0 spiro atoms. The fourth-order valence-electron chi connectivity index (χ4n) is 7.13. The predicted octanol–water partition coefficient (Wildman–Crippen LogP) is 8.92. The summed E-state index contributed by atoms with van der Waals surface area (Å²) in [6.45, 7) is 17.3. The van der Waals surface area contributed by atoms with Gasteiger partial charge in [-0.25, -0.2) is 0 Å². The van der Waals surface area contributed by atoms with Gasteiger partial charge in [-0.05, 0) is 106 Å². The Bertz CT molecular complexity index is 1410. The number of dihydropyridines is 1. The van der Waals surface area contributed by atoms with Gasteiger partial charge in [0.1, 0.15) is 6.29 Å². The summed E-state index contributed by atoms with van der Waals surface area (Å²) < 4.78 is 2.55. The van der Waals surface area contributed by atoms with Crippen molar-refractivity contribution in [2.45, 2.75) is 95.4 Å². The Balaban J connectivity index is 0.000000173. The van der Waals surface area contributed by atoms with Gasteiger partial charge in [-0.3, -0.25) is 14.6 Å². The first-order valence-corrected chi connectivity index (χ1v) is 24.6. The second-order valence-corrected chi connectivity index (χ2v) is 25.9. The van der Waals surface area contributed by atoms with Crippen molar-refractivity contribution in [1.82, 2.24) is 19.7 Å². The molecule has 5 nitrogen and oxygen atoms in total. The topological polar surface area (TPSA) is 38.8 Å². The van der Waals surface area contributed by atoms with E-state index in [9.17, 15) is 4.79 Å². The predicted molar refractivity (Wildman–Crippen MR) is 207 cm³/mol. The van der Waals surface area contributed by atoms with Crippen molar-refractivity contribution in [2.24, 2.45) is 0 Å². The van der Waals surface area contributed by atoms with Gasteiger partial charge in [0.05, 0.1) is 8.07 Å². The third-order valence-electron chi connectivity index (χ3n) is 9.84. The maximum atomic E-state index is 10.0. The van der Waals surface area contributed by atoms with Gasteiger partial charge in [-0.1, -0.05) is 106 Å². The molecule has 2 aromatic rings. The zero-order chi connectivity index (χ0) is 34.0. The minimum absolute atomic E-state index is 0.645. The number of hydrogen-bond acceptors (Lipinski definition) is 5. The highest BCUT2D eigenvalue weighted by molar-refractivity contribution is 6.79. The molecule has 4 aliphatic heterocycles. The number of carbonyl (C=O) groups excluding carboxylic acids is 1. The van der Waals surface area contributed by atoms with Gasteiger partial charge < -0.3 is 9.88 Å². The highest BCUT2D eigenvalue weighted by Crippen LogP contribution is 2.41. The Morgan fingerprint density at radius 1 is 0.809 bits per heavy atom. The van der Waals surface area contributed by atoms with E-state index in [0.717, 1.165) is 24.7 Å². The summed E-state index contributed by atoms with van der Waals surface area (Å²) >= 11 is 0. The van der Waals surface area contributed by atoms with E-state index >= 15 is 0 Å². The maximum absolute atomic E-state index is 10.0. The summed E-state index contributed by atoms with van der Waals surface area (Å²) in [4.78, 5) is 15.1. The van der Waals surface area contributed by atoms with Crippen LogP contribution in [0, 0.1) is 0 Å². The molecule has 7 heteroatoms. The molecular formula is C40H60N4OSi2. The number of likely N-dealkylation sites (tertiary alicyclic amines) is 2. The summed E-state index contributed by atoms with van der Waals surface area (Å²) in [6, 6.07) is 21.2. The van der Waals surface area contributed by atoms with E-state index in [1.807, 2.05) is 18.2 Å². The first-order chi connectivity index (χ1) is 22.4. The molecule has 3 atom stereocenters. The van der Waals surface area contributed by atoms with Gasteiger partial charge in [0, 0.05) is 30.0 Å². The molecule has 2 fully saturated rings. The van der Waals surface area contributed by atoms with E-state index < -0.39 is 16.3 Å². The van der Waals surface area contributed by atoms with Crippen molar-refractivity contribution in [3.63, 3.8) is 0 Å². The third-order valence-corrected chi connectivity index (χ3v) is 14.1. The Hall–Kier alpha value is -2.98. The minimum atomic E-state index is -1.29. The lowest BCUT2D eigenvalue weighted by molar-refractivity contribution is 0.112. The molecule has 1 unspecified atom stereocenters. The van der Waals surface area contributed by atoms with E-state index in [2.05, 4.69) is 134 Å². The van der Waals surface area contributed by atoms with Crippen LogP contribution < -0.4 is 5.32 Å². The molecule has 2 aromatic carbocycles. The van der Waals surface area contributed by atoms with Crippen LogP contribution in [0.25, 0.3) is 0 Å². The number of benzene rings is 2. The molecule has 2 saturated heterocycles. The first-order valence-electron chi connectivity index (χ1n) is 17.6. The summed E-state index contributed by atoms with van der Waals surface area (Å²) in [7, 11) is 2.06. The van der Waals surface area contributed by atoms with Crippen molar-refractivity contribution in [2.75, 3.05) is 27.2 Å². The van der Waals surface area contributed by atoms with E-state index in [-0.39, 0.29) is 0 Å². The summed E-state index contributed by atoms with van der Waals surface area (Å²) in [5, 5.41) is 3.35. The van der Waals surface area contributed by atoms with E-state index in [0.29, 0.717) is 17.6 Å². The molecule has 0 aliphatic carbocycles. The van der Waals surface area contributed by atoms with Gasteiger partial charge in [0.2, 0.25) is 0 Å². The summed E-state index contributed by atoms with van der Waals surface area (Å²) in [5.74, 6) is 0. The second kappa shape index (κ2) is 16.9. The minimum Gasteiger partial charge on any atom is -0.381 e. The Morgan fingerprint density at radius 2 is 1.40 bits per heavy atom. The molecule has 0 amide bonds. The number of nitrogens with zero attached hydrogens (tertiary/aromatic N) is 3. The zero-order valence-corrected chi connectivity index (χ0v) is 32.4. The SMILES string of the molecule is CN1CCC[C@H]1C1=CN([Si](C)(C)C)C=CC1[Si](C)(C)C.CN1CCC[C@H]1C1=CNC=C(Cc2ccccc2)C1.O=Cc1ccccc1. The first kappa shape index (κ1) is 36.9. The zero-order valence-electron chi connectivity index (χ0n) is 30.4. The van der Waals surface area contributed by atoms with Crippen LogP contribution in [0.4, 0.5) is 0 Å². The molecule has 0 radical (unpaired) electrons. The van der Waals surface area contributed by atoms with Crippen LogP contribution in [-0.4, -0.2) is 76.2 Å². The number of rotatable bonds is 7. The van der Waals surface area contributed by atoms with E-state index in [4.69, 9.17) is 0 Å². The molecule has 0 aromatic heterocycles. The van der Waals surface area contributed by atoms with Crippen molar-refractivity contribution in [1.29, 1.82) is 0 Å². The number of carbonyl (C=O) groups is 1. The van der Waals surface area contributed by atoms with Crippen LogP contribution in [0.1, 0.15) is 48.0 Å². The monoisotopic (exact) mass is 668 g/mol. The Kier molecular flexibility index (Phi) is 13.3. The Labute approximate surface area is 288 Å². The lowest BCUT2D eigenvalue weighted by Crippen LogP contribution is -2.44. The van der Waals surface area contributed by atoms with Crippen LogP contribution in [0.5, 0.6) is 0 Å². The van der Waals surface area contributed by atoms with Gasteiger partial charge in [0.15, 0.2) is 8.24 Å². The fraction of sp³-hybridized carbons (Fsp3) is 0.475. The number of aldehydes is 1. The van der Waals surface area contributed by atoms with Gasteiger partial charge in [-0.15, -0.1) is 0 Å². The highest BCUT2D eigenvalue weighted by atomic mass is 28.3. The number of allylic oxidation sites excluding steroid dienone is 2. The quantitative estimate of drug-likeness (QED) is 0.236. The average molecular weight is 669 g/mol. The molecule has 6 rings (SSSR count). The molecule has 47 heavy (non-hydrogen) atoms. The van der Waals surface area contributed by atoms with Crippen molar-refractivity contribution < 1.29 is 4.79 Å². The second-order valence-electron chi connectivity index (χ2n) is 15.7. The standard InChI is InChI=1S/C17H22N2.C16H32N2Si2.C7H6O/c1-19-9-5-8-17(19)16-11-15(12-18-13-16)10-14-6-3-2-4-7-14;1-17-11-8-9-15(17)14-13-18(20(5,6)7)12-10-16(14)19(2,3)4;8-6-7-4-2-1-3-5-7/h2-4,6-7,12-13,17-18H,5,8-11H2,1H3;10,12-13,15-16H,8-9,11H2,1-7H3;1-6H/t17-;15-,16?;/m00./s1. The molecular weight excluding hydrogens is 609 g/mol. The maximum Gasteiger partial charge on any atom is 0.152 e. The molecule has 1 N–H and O–H groups in total. The van der Waals surface area contributed by atoms with Crippen molar-refractivity contribution >= 4 is 22.6 Å². The fourth-order valence-corrected chi connectivity index (χ4v) is 10.1. The van der Waals surface area contributed by atoms with Crippen LogP contribution in [0.3, 0.4) is 0 Å². The molecule has 254 valence electrons. The number of hydrogen-bond donors (Lipinski definition) is 1. The highest BCUT2D eigenvalue weighted by Gasteiger charge is 2.38. The largest absolute Gasteiger partial charge is 0.381 e.